The number of carbonyl (C=O) groups is 3. The highest BCUT2D eigenvalue weighted by Crippen LogP contribution is 2.52. The minimum Gasteiger partial charge on any atom is -0.378 e. The Kier molecular flexibility index (Phi) is 4.59. The molecule has 29 heavy (non-hydrogen) atoms. The lowest BCUT2D eigenvalue weighted by Gasteiger charge is -2.31. The summed E-state index contributed by atoms with van der Waals surface area (Å²) in [7, 11) is 0. The second-order valence-electron chi connectivity index (χ2n) is 8.05. The van der Waals surface area contributed by atoms with Crippen LogP contribution in [0, 0.1) is 23.7 Å². The van der Waals surface area contributed by atoms with Gasteiger partial charge in [-0.1, -0.05) is 29.8 Å². The maximum absolute atomic E-state index is 12.8. The highest BCUT2D eigenvalue weighted by molar-refractivity contribution is 6.34. The fraction of sp³-hybridized carbons (Fsp3) is 0.476. The number of halogens is 1. The standard InChI is InChI=1S/C21H22ClN3O4/c22-14-2-1-3-15(19(14)24-6-8-29-9-7-24)23-16(26)11-25-20(27)17-12-4-5-13(10-12)18(17)21(25)28/h1-5,12-13,17-18H,6-11H2,(H,23,26). The Morgan fingerprint density at radius 3 is 2.41 bits per heavy atom. The smallest absolute Gasteiger partial charge is 0.244 e. The molecular weight excluding hydrogens is 394 g/mol. The normalized spacial score (nSPS) is 30.2. The van der Waals surface area contributed by atoms with Crippen molar-refractivity contribution in [1.29, 1.82) is 0 Å². The molecule has 1 saturated carbocycles. The number of anilines is 2. The van der Waals surface area contributed by atoms with Gasteiger partial charge in [-0.2, -0.15) is 0 Å². The van der Waals surface area contributed by atoms with E-state index in [0.717, 1.165) is 17.0 Å². The van der Waals surface area contributed by atoms with E-state index in [1.165, 1.54) is 0 Å². The minimum absolute atomic E-state index is 0.135. The fourth-order valence-electron chi connectivity index (χ4n) is 5.18. The zero-order valence-corrected chi connectivity index (χ0v) is 16.6. The minimum atomic E-state index is -0.399. The van der Waals surface area contributed by atoms with Crippen LogP contribution in [-0.4, -0.2) is 55.5 Å². The van der Waals surface area contributed by atoms with Gasteiger partial charge in [0.05, 0.1) is 41.4 Å². The lowest BCUT2D eigenvalue weighted by atomic mass is 9.85. The number of hydrogen-bond donors (Lipinski definition) is 1. The molecule has 2 aliphatic heterocycles. The van der Waals surface area contributed by atoms with Crippen molar-refractivity contribution in [2.24, 2.45) is 23.7 Å². The number of fused-ring (bicyclic) bond motifs is 5. The van der Waals surface area contributed by atoms with Crippen molar-refractivity contribution in [2.45, 2.75) is 6.42 Å². The van der Waals surface area contributed by atoms with Crippen LogP contribution >= 0.6 is 11.6 Å². The van der Waals surface area contributed by atoms with Crippen molar-refractivity contribution in [1.82, 2.24) is 4.90 Å². The summed E-state index contributed by atoms with van der Waals surface area (Å²) >= 11 is 6.41. The molecule has 2 saturated heterocycles. The molecule has 8 heteroatoms. The number of amides is 3. The van der Waals surface area contributed by atoms with Crippen LogP contribution in [0.4, 0.5) is 11.4 Å². The molecule has 0 aromatic heterocycles. The van der Waals surface area contributed by atoms with Crippen molar-refractivity contribution in [3.63, 3.8) is 0 Å². The van der Waals surface area contributed by atoms with Gasteiger partial charge in [0.1, 0.15) is 6.54 Å². The van der Waals surface area contributed by atoms with Crippen molar-refractivity contribution < 1.29 is 19.1 Å². The largest absolute Gasteiger partial charge is 0.378 e. The number of benzene rings is 1. The van der Waals surface area contributed by atoms with Gasteiger partial charge in [-0.3, -0.25) is 19.3 Å². The van der Waals surface area contributed by atoms with Crippen LogP contribution in [0.3, 0.4) is 0 Å². The number of imide groups is 1. The molecule has 4 unspecified atom stereocenters. The Balaban J connectivity index is 1.31. The summed E-state index contributed by atoms with van der Waals surface area (Å²) in [6.07, 6.45) is 4.96. The average molecular weight is 416 g/mol. The van der Waals surface area contributed by atoms with Gasteiger partial charge in [-0.25, -0.2) is 0 Å². The van der Waals surface area contributed by atoms with Crippen LogP contribution in [0.5, 0.6) is 0 Å². The van der Waals surface area contributed by atoms with Gasteiger partial charge in [-0.05, 0) is 30.4 Å². The number of allylic oxidation sites excluding steroid dienone is 2. The molecule has 2 bridgehead atoms. The zero-order chi connectivity index (χ0) is 20.1. The maximum atomic E-state index is 12.8. The third kappa shape index (κ3) is 3.04. The first-order valence-electron chi connectivity index (χ1n) is 9.99. The molecule has 0 radical (unpaired) electrons. The van der Waals surface area contributed by atoms with Crippen LogP contribution in [0.1, 0.15) is 6.42 Å². The van der Waals surface area contributed by atoms with E-state index in [1.807, 2.05) is 12.2 Å². The maximum Gasteiger partial charge on any atom is 0.244 e. The van der Waals surface area contributed by atoms with E-state index >= 15 is 0 Å². The summed E-state index contributed by atoms with van der Waals surface area (Å²) in [5.41, 5.74) is 1.31. The molecule has 1 N–H and O–H groups in total. The van der Waals surface area contributed by atoms with E-state index in [1.54, 1.807) is 18.2 Å². The van der Waals surface area contributed by atoms with E-state index in [-0.39, 0.29) is 42.0 Å². The lowest BCUT2D eigenvalue weighted by Crippen LogP contribution is -2.40. The van der Waals surface area contributed by atoms with Gasteiger partial charge < -0.3 is 15.0 Å². The first-order valence-corrected chi connectivity index (χ1v) is 10.4. The van der Waals surface area contributed by atoms with Crippen molar-refractivity contribution in [2.75, 3.05) is 43.1 Å². The number of rotatable bonds is 4. The van der Waals surface area contributed by atoms with Crippen LogP contribution in [0.2, 0.25) is 5.02 Å². The van der Waals surface area contributed by atoms with Crippen molar-refractivity contribution >= 4 is 40.7 Å². The number of likely N-dealkylation sites (tertiary alicyclic amines) is 1. The van der Waals surface area contributed by atoms with Gasteiger partial charge in [0.2, 0.25) is 17.7 Å². The van der Waals surface area contributed by atoms with Gasteiger partial charge in [0.25, 0.3) is 0 Å². The van der Waals surface area contributed by atoms with Crippen LogP contribution in [0.15, 0.2) is 30.4 Å². The van der Waals surface area contributed by atoms with E-state index in [9.17, 15) is 14.4 Å². The number of hydrogen-bond acceptors (Lipinski definition) is 5. The Morgan fingerprint density at radius 1 is 1.10 bits per heavy atom. The SMILES string of the molecule is O=C(CN1C(=O)C2C3C=CC(C3)C2C1=O)Nc1cccc(Cl)c1N1CCOCC1. The summed E-state index contributed by atoms with van der Waals surface area (Å²) in [6.45, 7) is 2.27. The van der Waals surface area contributed by atoms with E-state index < -0.39 is 5.91 Å². The molecule has 5 rings (SSSR count). The molecule has 7 nitrogen and oxygen atoms in total. The van der Waals surface area contributed by atoms with Gasteiger partial charge in [-0.15, -0.1) is 0 Å². The Hall–Kier alpha value is -2.38. The average Bonchev–Trinajstić information content (AvgIpc) is 3.39. The third-order valence-electron chi connectivity index (χ3n) is 6.45. The number of carbonyl (C=O) groups excluding carboxylic acids is 3. The van der Waals surface area contributed by atoms with Gasteiger partial charge in [0, 0.05) is 13.1 Å². The van der Waals surface area contributed by atoms with Crippen molar-refractivity contribution in [3.8, 4) is 0 Å². The molecule has 1 aromatic carbocycles. The third-order valence-corrected chi connectivity index (χ3v) is 6.76. The molecule has 2 aliphatic carbocycles. The molecule has 4 aliphatic rings. The molecule has 3 fully saturated rings. The van der Waals surface area contributed by atoms with Crippen LogP contribution in [0.25, 0.3) is 0 Å². The second-order valence-corrected chi connectivity index (χ2v) is 8.45. The Morgan fingerprint density at radius 2 is 1.76 bits per heavy atom. The van der Waals surface area contributed by atoms with Gasteiger partial charge in [0.15, 0.2) is 0 Å². The topological polar surface area (TPSA) is 79.0 Å². The predicted molar refractivity (Wildman–Crippen MR) is 108 cm³/mol. The lowest BCUT2D eigenvalue weighted by molar-refractivity contribution is -0.143. The molecular formula is C21H22ClN3O4. The molecule has 152 valence electrons. The number of para-hydroxylation sites is 1. The summed E-state index contributed by atoms with van der Waals surface area (Å²) in [6, 6.07) is 5.32. The van der Waals surface area contributed by atoms with Gasteiger partial charge >= 0.3 is 0 Å². The van der Waals surface area contributed by atoms with E-state index in [0.29, 0.717) is 37.0 Å². The Labute approximate surface area is 173 Å². The predicted octanol–water partition coefficient (Wildman–Crippen LogP) is 1.92. The molecule has 3 amide bonds. The fourth-order valence-corrected chi connectivity index (χ4v) is 5.47. The molecule has 1 aromatic rings. The Bertz CT molecular complexity index is 881. The highest BCUT2D eigenvalue weighted by Gasteiger charge is 2.59. The highest BCUT2D eigenvalue weighted by atomic mass is 35.5. The quantitative estimate of drug-likeness (QED) is 0.600. The van der Waals surface area contributed by atoms with E-state index in [2.05, 4.69) is 10.2 Å². The molecule has 2 heterocycles. The number of nitrogens with one attached hydrogen (secondary N) is 1. The van der Waals surface area contributed by atoms with Crippen molar-refractivity contribution in [3.05, 3.63) is 35.4 Å². The molecule has 0 spiro atoms. The number of morpholine rings is 1. The number of nitrogens with zero attached hydrogens (tertiary/aromatic N) is 2. The summed E-state index contributed by atoms with van der Waals surface area (Å²) < 4.78 is 5.39. The first-order chi connectivity index (χ1) is 14.0. The monoisotopic (exact) mass is 415 g/mol. The van der Waals surface area contributed by atoms with E-state index in [4.69, 9.17) is 16.3 Å². The summed E-state index contributed by atoms with van der Waals surface area (Å²) in [5, 5.41) is 3.39. The number of ether oxygens (including phenoxy) is 1. The van der Waals surface area contributed by atoms with Crippen LogP contribution in [-0.2, 0) is 19.1 Å². The zero-order valence-electron chi connectivity index (χ0n) is 15.8. The summed E-state index contributed by atoms with van der Waals surface area (Å²) in [4.78, 5) is 41.5. The molecule has 4 atom stereocenters. The second kappa shape index (κ2) is 7.15. The van der Waals surface area contributed by atoms with Crippen LogP contribution < -0.4 is 10.2 Å². The summed E-state index contributed by atoms with van der Waals surface area (Å²) in [5.74, 6) is -1.15. The first kappa shape index (κ1) is 18.6.